The third-order valence-electron chi connectivity index (χ3n) is 3.64. The van der Waals surface area contributed by atoms with E-state index in [9.17, 15) is 18.8 Å². The molecular weight excluding hydrogens is 342 g/mol. The van der Waals surface area contributed by atoms with E-state index in [2.05, 4.69) is 15.5 Å². The summed E-state index contributed by atoms with van der Waals surface area (Å²) in [6, 6.07) is 7.75. The molecule has 2 heterocycles. The van der Waals surface area contributed by atoms with Gasteiger partial charge in [-0.3, -0.25) is 4.79 Å². The van der Waals surface area contributed by atoms with Crippen LogP contribution in [0.2, 0.25) is 0 Å². The SMILES string of the molecule is Cc1cc(NC(=O)c2cc(-c3ccc(F)cc3F)c(C#N)c(C)n2)no1. The number of hydrogen-bond acceptors (Lipinski definition) is 5. The fourth-order valence-corrected chi connectivity index (χ4v) is 2.46. The molecule has 1 amide bonds. The fourth-order valence-electron chi connectivity index (χ4n) is 2.46. The Kier molecular flexibility index (Phi) is 4.45. The molecule has 0 bridgehead atoms. The van der Waals surface area contributed by atoms with Crippen molar-refractivity contribution in [2.75, 3.05) is 5.32 Å². The summed E-state index contributed by atoms with van der Waals surface area (Å²) in [6.45, 7) is 3.20. The molecule has 0 aliphatic heterocycles. The molecule has 3 aromatic rings. The van der Waals surface area contributed by atoms with Gasteiger partial charge < -0.3 is 9.84 Å². The Hall–Kier alpha value is -3.60. The van der Waals surface area contributed by atoms with E-state index >= 15 is 0 Å². The molecule has 0 aliphatic rings. The van der Waals surface area contributed by atoms with Gasteiger partial charge in [0.05, 0.1) is 11.3 Å². The second kappa shape index (κ2) is 6.72. The lowest BCUT2D eigenvalue weighted by atomic mass is 9.98. The monoisotopic (exact) mass is 354 g/mol. The highest BCUT2D eigenvalue weighted by Crippen LogP contribution is 2.29. The van der Waals surface area contributed by atoms with E-state index in [4.69, 9.17) is 4.52 Å². The summed E-state index contributed by atoms with van der Waals surface area (Å²) in [7, 11) is 0. The number of nitrogens with one attached hydrogen (secondary N) is 1. The van der Waals surface area contributed by atoms with Crippen LogP contribution in [0.1, 0.15) is 27.5 Å². The average Bonchev–Trinajstić information content (AvgIpc) is 2.99. The number of halogens is 2. The van der Waals surface area contributed by atoms with Crippen molar-refractivity contribution < 1.29 is 18.1 Å². The van der Waals surface area contributed by atoms with Crippen molar-refractivity contribution in [3.63, 3.8) is 0 Å². The lowest BCUT2D eigenvalue weighted by Crippen LogP contribution is -2.15. The van der Waals surface area contributed by atoms with Gasteiger partial charge in [-0.2, -0.15) is 5.26 Å². The van der Waals surface area contributed by atoms with Crippen LogP contribution >= 0.6 is 0 Å². The van der Waals surface area contributed by atoms with E-state index < -0.39 is 17.5 Å². The minimum absolute atomic E-state index is 0.000203. The molecule has 2 aromatic heterocycles. The van der Waals surface area contributed by atoms with E-state index in [0.29, 0.717) is 11.8 Å². The largest absolute Gasteiger partial charge is 0.360 e. The summed E-state index contributed by atoms with van der Waals surface area (Å²) < 4.78 is 32.2. The van der Waals surface area contributed by atoms with Gasteiger partial charge in [-0.1, -0.05) is 5.16 Å². The number of carbonyl (C=O) groups excluding carboxylic acids is 1. The summed E-state index contributed by atoms with van der Waals surface area (Å²) in [6.07, 6.45) is 0. The molecule has 26 heavy (non-hydrogen) atoms. The molecule has 0 fully saturated rings. The van der Waals surface area contributed by atoms with Crippen molar-refractivity contribution in [3.8, 4) is 17.2 Å². The molecule has 0 atom stereocenters. The Morgan fingerprint density at radius 3 is 2.58 bits per heavy atom. The molecule has 3 rings (SSSR count). The number of benzene rings is 1. The number of anilines is 1. The molecule has 6 nitrogen and oxygen atoms in total. The summed E-state index contributed by atoms with van der Waals surface area (Å²) in [5, 5.41) is 15.5. The van der Waals surface area contributed by atoms with Gasteiger partial charge in [-0.25, -0.2) is 13.8 Å². The van der Waals surface area contributed by atoms with E-state index in [1.54, 1.807) is 6.92 Å². The highest BCUT2D eigenvalue weighted by Gasteiger charge is 2.19. The number of rotatable bonds is 3. The van der Waals surface area contributed by atoms with Crippen molar-refractivity contribution >= 4 is 11.7 Å². The Bertz CT molecular complexity index is 1050. The molecule has 1 aromatic carbocycles. The van der Waals surface area contributed by atoms with Gasteiger partial charge in [-0.15, -0.1) is 0 Å². The normalized spacial score (nSPS) is 10.4. The second-order valence-corrected chi connectivity index (χ2v) is 5.53. The Labute approximate surface area is 147 Å². The zero-order chi connectivity index (χ0) is 18.8. The zero-order valence-corrected chi connectivity index (χ0v) is 13.8. The van der Waals surface area contributed by atoms with E-state index in [0.717, 1.165) is 6.07 Å². The number of pyridine rings is 1. The van der Waals surface area contributed by atoms with E-state index in [-0.39, 0.29) is 33.9 Å². The average molecular weight is 354 g/mol. The maximum atomic E-state index is 14.2. The smallest absolute Gasteiger partial charge is 0.275 e. The van der Waals surface area contributed by atoms with Gasteiger partial charge in [0.2, 0.25) is 0 Å². The number of carbonyl (C=O) groups is 1. The Morgan fingerprint density at radius 1 is 1.19 bits per heavy atom. The van der Waals surface area contributed by atoms with Crippen LogP contribution in [0.3, 0.4) is 0 Å². The number of amides is 1. The molecule has 0 aliphatic carbocycles. The first-order valence-electron chi connectivity index (χ1n) is 7.51. The summed E-state index contributed by atoms with van der Waals surface area (Å²) in [5.74, 6) is -1.47. The molecule has 8 heteroatoms. The first-order chi connectivity index (χ1) is 12.4. The first-order valence-corrected chi connectivity index (χ1v) is 7.51. The highest BCUT2D eigenvalue weighted by molar-refractivity contribution is 6.03. The summed E-state index contributed by atoms with van der Waals surface area (Å²) in [5.41, 5.74) is 0.458. The van der Waals surface area contributed by atoms with Crippen molar-refractivity contribution in [1.82, 2.24) is 10.1 Å². The minimum Gasteiger partial charge on any atom is -0.360 e. The maximum Gasteiger partial charge on any atom is 0.275 e. The lowest BCUT2D eigenvalue weighted by molar-refractivity contribution is 0.102. The third kappa shape index (κ3) is 3.28. The predicted octanol–water partition coefficient (Wildman–Crippen LogP) is 3.76. The number of aromatic nitrogens is 2. The summed E-state index contributed by atoms with van der Waals surface area (Å²) >= 11 is 0. The van der Waals surface area contributed by atoms with Gasteiger partial charge in [0.1, 0.15) is 29.2 Å². The van der Waals surface area contributed by atoms with Gasteiger partial charge in [0.25, 0.3) is 5.91 Å². The highest BCUT2D eigenvalue weighted by atomic mass is 19.1. The topological polar surface area (TPSA) is 91.8 Å². The standard InChI is InChI=1S/C18H12F2N4O2/c1-9-5-17(24-26-9)23-18(25)16-7-13(14(8-21)10(2)22-16)12-4-3-11(19)6-15(12)20/h3-7H,1-2H3,(H,23,24,25). The maximum absolute atomic E-state index is 14.2. The van der Waals surface area contributed by atoms with Gasteiger partial charge >= 0.3 is 0 Å². The van der Waals surface area contributed by atoms with Crippen LogP contribution in [0.5, 0.6) is 0 Å². The predicted molar refractivity (Wildman–Crippen MR) is 88.2 cm³/mol. The fraction of sp³-hybridized carbons (Fsp3) is 0.111. The van der Waals surface area contributed by atoms with Crippen LogP contribution in [-0.2, 0) is 0 Å². The van der Waals surface area contributed by atoms with Crippen LogP contribution in [0.15, 0.2) is 34.9 Å². The summed E-state index contributed by atoms with van der Waals surface area (Å²) in [4.78, 5) is 16.5. The number of nitrogens with zero attached hydrogens (tertiary/aromatic N) is 3. The number of nitriles is 1. The quantitative estimate of drug-likeness (QED) is 0.773. The molecule has 0 saturated carbocycles. The first kappa shape index (κ1) is 17.2. The van der Waals surface area contributed by atoms with Crippen molar-refractivity contribution in [2.24, 2.45) is 0 Å². The molecule has 1 N–H and O–H groups in total. The molecule has 0 spiro atoms. The Morgan fingerprint density at radius 2 is 1.96 bits per heavy atom. The van der Waals surface area contributed by atoms with Crippen molar-refractivity contribution in [3.05, 3.63) is 64.7 Å². The molecule has 0 radical (unpaired) electrons. The van der Waals surface area contributed by atoms with E-state index in [1.807, 2.05) is 6.07 Å². The van der Waals surface area contributed by atoms with Crippen molar-refractivity contribution in [1.29, 1.82) is 5.26 Å². The second-order valence-electron chi connectivity index (χ2n) is 5.53. The van der Waals surface area contributed by atoms with Crippen LogP contribution in [0, 0.1) is 36.8 Å². The third-order valence-corrected chi connectivity index (χ3v) is 3.64. The molecule has 130 valence electrons. The Balaban J connectivity index is 2.07. The van der Waals surface area contributed by atoms with Gasteiger partial charge in [0.15, 0.2) is 5.82 Å². The van der Waals surface area contributed by atoms with Crippen LogP contribution in [0.4, 0.5) is 14.6 Å². The number of hydrogen-bond donors (Lipinski definition) is 1. The lowest BCUT2D eigenvalue weighted by Gasteiger charge is -2.10. The van der Waals surface area contributed by atoms with Crippen LogP contribution in [0.25, 0.3) is 11.1 Å². The zero-order valence-electron chi connectivity index (χ0n) is 13.8. The van der Waals surface area contributed by atoms with E-state index in [1.165, 1.54) is 25.1 Å². The number of aryl methyl sites for hydroxylation is 2. The minimum atomic E-state index is -0.842. The molecular formula is C18H12F2N4O2. The van der Waals surface area contributed by atoms with Gasteiger partial charge in [-0.05, 0) is 32.0 Å². The van der Waals surface area contributed by atoms with Crippen molar-refractivity contribution in [2.45, 2.75) is 13.8 Å². The molecule has 0 saturated heterocycles. The molecule has 0 unspecified atom stereocenters. The van der Waals surface area contributed by atoms with Crippen LogP contribution in [-0.4, -0.2) is 16.0 Å². The van der Waals surface area contributed by atoms with Gasteiger partial charge in [0, 0.05) is 23.3 Å². The van der Waals surface area contributed by atoms with Crippen LogP contribution < -0.4 is 5.32 Å².